The van der Waals surface area contributed by atoms with E-state index in [0.717, 1.165) is 31.6 Å². The predicted molar refractivity (Wildman–Crippen MR) is 71.3 cm³/mol. The summed E-state index contributed by atoms with van der Waals surface area (Å²) < 4.78 is 5.15. The number of amides is 2. The van der Waals surface area contributed by atoms with Crippen molar-refractivity contribution in [2.45, 2.75) is 25.8 Å². The molecular weight excluding hydrogens is 246 g/mol. The van der Waals surface area contributed by atoms with Crippen molar-refractivity contribution in [1.82, 2.24) is 15.3 Å². The van der Waals surface area contributed by atoms with Crippen LogP contribution in [-0.2, 0) is 0 Å². The molecule has 7 nitrogen and oxygen atoms in total. The Morgan fingerprint density at radius 2 is 2.16 bits per heavy atom. The molecule has 104 valence electrons. The second-order valence-corrected chi connectivity index (χ2v) is 4.62. The minimum Gasteiger partial charge on any atom is -0.481 e. The van der Waals surface area contributed by atoms with Crippen molar-refractivity contribution < 1.29 is 9.53 Å². The molecule has 0 bridgehead atoms. The summed E-state index contributed by atoms with van der Waals surface area (Å²) in [5, 5.41) is 2.73. The lowest BCUT2D eigenvalue weighted by Gasteiger charge is -2.32. The molecular formula is C12H19N5O2. The molecule has 2 amide bonds. The smallest absolute Gasteiger partial charge is 0.312 e. The standard InChI is InChI=1S/C12H19N5O2/c1-8-7-10(19-2)16-12(14-8)17-5-3-9(4-6-17)15-11(13)18/h7,9H,3-6H2,1-2H3,(H3,13,15,18). The highest BCUT2D eigenvalue weighted by Crippen LogP contribution is 2.19. The first-order valence-corrected chi connectivity index (χ1v) is 6.29. The summed E-state index contributed by atoms with van der Waals surface area (Å²) in [6.07, 6.45) is 1.67. The molecule has 2 rings (SSSR count). The number of nitrogens with zero attached hydrogens (tertiary/aromatic N) is 3. The lowest BCUT2D eigenvalue weighted by atomic mass is 10.1. The van der Waals surface area contributed by atoms with Crippen LogP contribution >= 0.6 is 0 Å². The average Bonchev–Trinajstić information content (AvgIpc) is 2.38. The van der Waals surface area contributed by atoms with Gasteiger partial charge in [0.25, 0.3) is 0 Å². The maximum absolute atomic E-state index is 10.8. The molecule has 7 heteroatoms. The number of rotatable bonds is 3. The van der Waals surface area contributed by atoms with E-state index in [1.54, 1.807) is 13.2 Å². The Morgan fingerprint density at radius 3 is 2.74 bits per heavy atom. The lowest BCUT2D eigenvalue weighted by Crippen LogP contribution is -2.46. The molecule has 0 radical (unpaired) electrons. The number of hydrogen-bond donors (Lipinski definition) is 2. The van der Waals surface area contributed by atoms with Gasteiger partial charge in [0.1, 0.15) is 0 Å². The zero-order chi connectivity index (χ0) is 13.8. The number of nitrogens with one attached hydrogen (secondary N) is 1. The Morgan fingerprint density at radius 1 is 1.47 bits per heavy atom. The molecule has 2 heterocycles. The molecule has 1 fully saturated rings. The lowest BCUT2D eigenvalue weighted by molar-refractivity contribution is 0.242. The number of anilines is 1. The van der Waals surface area contributed by atoms with Crippen LogP contribution in [0, 0.1) is 6.92 Å². The molecule has 0 aliphatic carbocycles. The highest BCUT2D eigenvalue weighted by atomic mass is 16.5. The summed E-state index contributed by atoms with van der Waals surface area (Å²) in [5.74, 6) is 1.24. The molecule has 1 aromatic rings. The number of hydrogen-bond acceptors (Lipinski definition) is 5. The van der Waals surface area contributed by atoms with E-state index in [9.17, 15) is 4.79 Å². The van der Waals surface area contributed by atoms with Crippen LogP contribution in [0.3, 0.4) is 0 Å². The topological polar surface area (TPSA) is 93.4 Å². The minimum atomic E-state index is -0.466. The number of primary amides is 1. The van der Waals surface area contributed by atoms with Crippen molar-refractivity contribution in [3.05, 3.63) is 11.8 Å². The summed E-state index contributed by atoms with van der Waals surface area (Å²) in [7, 11) is 1.59. The maximum atomic E-state index is 10.8. The Kier molecular flexibility index (Phi) is 4.03. The third kappa shape index (κ3) is 3.46. The van der Waals surface area contributed by atoms with E-state index in [-0.39, 0.29) is 6.04 Å². The van der Waals surface area contributed by atoms with Gasteiger partial charge in [0, 0.05) is 30.9 Å². The van der Waals surface area contributed by atoms with Gasteiger partial charge in [-0.1, -0.05) is 0 Å². The highest BCUT2D eigenvalue weighted by Gasteiger charge is 2.22. The predicted octanol–water partition coefficient (Wildman–Crippen LogP) is 0.431. The zero-order valence-electron chi connectivity index (χ0n) is 11.2. The van der Waals surface area contributed by atoms with E-state index in [1.807, 2.05) is 6.92 Å². The summed E-state index contributed by atoms with van der Waals surface area (Å²) >= 11 is 0. The number of methoxy groups -OCH3 is 1. The molecule has 1 aromatic heterocycles. The molecule has 1 saturated heterocycles. The van der Waals surface area contributed by atoms with Crippen molar-refractivity contribution in [2.75, 3.05) is 25.1 Å². The number of ether oxygens (including phenoxy) is 1. The number of nitrogens with two attached hydrogens (primary N) is 1. The van der Waals surface area contributed by atoms with E-state index in [0.29, 0.717) is 11.8 Å². The molecule has 0 spiro atoms. The zero-order valence-corrected chi connectivity index (χ0v) is 11.2. The van der Waals surface area contributed by atoms with Crippen LogP contribution in [0.15, 0.2) is 6.07 Å². The monoisotopic (exact) mass is 265 g/mol. The van der Waals surface area contributed by atoms with E-state index in [2.05, 4.69) is 20.2 Å². The quantitative estimate of drug-likeness (QED) is 0.826. The van der Waals surface area contributed by atoms with Gasteiger partial charge in [-0.25, -0.2) is 9.78 Å². The second-order valence-electron chi connectivity index (χ2n) is 4.62. The summed E-state index contributed by atoms with van der Waals surface area (Å²) in [4.78, 5) is 21.7. The summed E-state index contributed by atoms with van der Waals surface area (Å²) in [5.41, 5.74) is 6.00. The highest BCUT2D eigenvalue weighted by molar-refractivity contribution is 5.72. The van der Waals surface area contributed by atoms with Gasteiger partial charge >= 0.3 is 6.03 Å². The third-order valence-electron chi connectivity index (χ3n) is 3.15. The van der Waals surface area contributed by atoms with Crippen LogP contribution in [-0.4, -0.2) is 42.2 Å². The number of carbonyl (C=O) groups is 1. The van der Waals surface area contributed by atoms with E-state index in [1.165, 1.54) is 0 Å². The Balaban J connectivity index is 2.01. The van der Waals surface area contributed by atoms with Gasteiger partial charge in [0.15, 0.2) is 0 Å². The first-order valence-electron chi connectivity index (χ1n) is 6.29. The molecule has 1 aliphatic heterocycles. The van der Waals surface area contributed by atoms with Crippen LogP contribution in [0.2, 0.25) is 0 Å². The maximum Gasteiger partial charge on any atom is 0.312 e. The average molecular weight is 265 g/mol. The van der Waals surface area contributed by atoms with Crippen LogP contribution in [0.4, 0.5) is 10.7 Å². The number of aryl methyl sites for hydroxylation is 1. The fraction of sp³-hybridized carbons (Fsp3) is 0.583. The van der Waals surface area contributed by atoms with Crippen LogP contribution in [0.25, 0.3) is 0 Å². The van der Waals surface area contributed by atoms with Gasteiger partial charge in [-0.15, -0.1) is 0 Å². The second kappa shape index (κ2) is 5.73. The van der Waals surface area contributed by atoms with Gasteiger partial charge in [-0.2, -0.15) is 4.98 Å². The summed E-state index contributed by atoms with van der Waals surface area (Å²) in [6, 6.07) is 1.47. The van der Waals surface area contributed by atoms with E-state index < -0.39 is 6.03 Å². The Labute approximate surface area is 112 Å². The first-order chi connectivity index (χ1) is 9.08. The largest absolute Gasteiger partial charge is 0.481 e. The SMILES string of the molecule is COc1cc(C)nc(N2CCC(NC(N)=O)CC2)n1. The van der Waals surface area contributed by atoms with Crippen molar-refractivity contribution >= 4 is 12.0 Å². The number of urea groups is 1. The van der Waals surface area contributed by atoms with Gasteiger partial charge in [0.2, 0.25) is 11.8 Å². The first kappa shape index (κ1) is 13.4. The molecule has 0 atom stereocenters. The number of aromatic nitrogens is 2. The Bertz CT molecular complexity index is 457. The number of piperidine rings is 1. The third-order valence-corrected chi connectivity index (χ3v) is 3.15. The van der Waals surface area contributed by atoms with Gasteiger partial charge < -0.3 is 20.7 Å². The Hall–Kier alpha value is -2.05. The van der Waals surface area contributed by atoms with Gasteiger partial charge in [0.05, 0.1) is 7.11 Å². The van der Waals surface area contributed by atoms with Crippen LogP contribution in [0.5, 0.6) is 5.88 Å². The fourth-order valence-corrected chi connectivity index (χ4v) is 2.20. The van der Waals surface area contributed by atoms with Crippen molar-refractivity contribution in [2.24, 2.45) is 5.73 Å². The molecule has 0 aromatic carbocycles. The van der Waals surface area contributed by atoms with Crippen molar-refractivity contribution in [3.8, 4) is 5.88 Å². The fourth-order valence-electron chi connectivity index (χ4n) is 2.20. The molecule has 3 N–H and O–H groups in total. The van der Waals surface area contributed by atoms with Crippen LogP contribution < -0.4 is 20.7 Å². The molecule has 0 unspecified atom stereocenters. The van der Waals surface area contributed by atoms with Gasteiger partial charge in [-0.05, 0) is 19.8 Å². The van der Waals surface area contributed by atoms with E-state index in [4.69, 9.17) is 10.5 Å². The molecule has 19 heavy (non-hydrogen) atoms. The van der Waals surface area contributed by atoms with Crippen molar-refractivity contribution in [1.29, 1.82) is 0 Å². The molecule has 0 saturated carbocycles. The van der Waals surface area contributed by atoms with Gasteiger partial charge in [-0.3, -0.25) is 0 Å². The van der Waals surface area contributed by atoms with Crippen LogP contribution in [0.1, 0.15) is 18.5 Å². The van der Waals surface area contributed by atoms with E-state index >= 15 is 0 Å². The molecule has 1 aliphatic rings. The summed E-state index contributed by atoms with van der Waals surface area (Å²) in [6.45, 7) is 3.49. The minimum absolute atomic E-state index is 0.139. The van der Waals surface area contributed by atoms with Crippen molar-refractivity contribution in [3.63, 3.8) is 0 Å². The number of carbonyl (C=O) groups excluding carboxylic acids is 1. The normalized spacial score (nSPS) is 16.2.